The van der Waals surface area contributed by atoms with Crippen LogP contribution in [0.3, 0.4) is 0 Å². The molecule has 0 aromatic rings. The van der Waals surface area contributed by atoms with Crippen molar-refractivity contribution in [3.8, 4) is 0 Å². The molecule has 2 rings (SSSR count). The molecule has 0 heterocycles. The van der Waals surface area contributed by atoms with Gasteiger partial charge in [-0.05, 0) is 59.3 Å². The summed E-state index contributed by atoms with van der Waals surface area (Å²) in [5.74, 6) is 0. The second-order valence-corrected chi connectivity index (χ2v) is 7.60. The lowest BCUT2D eigenvalue weighted by Gasteiger charge is -2.45. The first-order valence-electron chi connectivity index (χ1n) is 8.47. The minimum Gasteiger partial charge on any atom is -0.355 e. The summed E-state index contributed by atoms with van der Waals surface area (Å²) in [6.07, 6.45) is 14.7. The van der Waals surface area contributed by atoms with E-state index < -0.39 is 0 Å². The van der Waals surface area contributed by atoms with E-state index in [0.29, 0.717) is 6.04 Å². The first kappa shape index (κ1) is 15.3. The zero-order valence-electron chi connectivity index (χ0n) is 13.3. The van der Waals surface area contributed by atoms with Crippen molar-refractivity contribution in [1.82, 2.24) is 5.32 Å². The monoisotopic (exact) mass is 267 g/mol. The van der Waals surface area contributed by atoms with Crippen LogP contribution in [0.25, 0.3) is 0 Å². The van der Waals surface area contributed by atoms with Gasteiger partial charge >= 0.3 is 0 Å². The van der Waals surface area contributed by atoms with Gasteiger partial charge in [0, 0.05) is 6.04 Å². The van der Waals surface area contributed by atoms with Crippen molar-refractivity contribution in [2.45, 2.75) is 109 Å². The fraction of sp³-hybridized carbons (Fsp3) is 1.00. The highest BCUT2D eigenvalue weighted by Crippen LogP contribution is 2.34. The van der Waals surface area contributed by atoms with Crippen LogP contribution < -0.4 is 5.32 Å². The third-order valence-electron chi connectivity index (χ3n) is 4.49. The summed E-state index contributed by atoms with van der Waals surface area (Å²) < 4.78 is 6.50. The fourth-order valence-corrected chi connectivity index (χ4v) is 3.78. The van der Waals surface area contributed by atoms with E-state index in [0.717, 1.165) is 0 Å². The molecule has 2 nitrogen and oxygen atoms in total. The first-order chi connectivity index (χ1) is 8.99. The summed E-state index contributed by atoms with van der Waals surface area (Å²) in [4.78, 5) is 0. The molecule has 2 aliphatic carbocycles. The van der Waals surface area contributed by atoms with E-state index in [1.807, 2.05) is 0 Å². The second-order valence-electron chi connectivity index (χ2n) is 7.60. The van der Waals surface area contributed by atoms with Crippen LogP contribution in [0.2, 0.25) is 0 Å². The highest BCUT2D eigenvalue weighted by atomic mass is 16.5. The van der Waals surface area contributed by atoms with Crippen LogP contribution in [0.4, 0.5) is 0 Å². The van der Waals surface area contributed by atoms with Crippen molar-refractivity contribution in [1.29, 1.82) is 0 Å². The molecule has 0 atom stereocenters. The Hall–Kier alpha value is -0.0800. The lowest BCUT2D eigenvalue weighted by atomic mass is 9.89. The van der Waals surface area contributed by atoms with Crippen molar-refractivity contribution in [3.63, 3.8) is 0 Å². The average molecular weight is 267 g/mol. The molecule has 112 valence electrons. The van der Waals surface area contributed by atoms with Gasteiger partial charge in [-0.1, -0.05) is 32.1 Å². The van der Waals surface area contributed by atoms with Gasteiger partial charge in [0.15, 0.2) is 0 Å². The van der Waals surface area contributed by atoms with Crippen molar-refractivity contribution in [3.05, 3.63) is 0 Å². The van der Waals surface area contributed by atoms with Crippen LogP contribution >= 0.6 is 0 Å². The molecule has 0 bridgehead atoms. The van der Waals surface area contributed by atoms with Gasteiger partial charge in [-0.15, -0.1) is 0 Å². The largest absolute Gasteiger partial charge is 0.355 e. The Labute approximate surface area is 119 Å². The van der Waals surface area contributed by atoms with E-state index in [-0.39, 0.29) is 11.3 Å². The predicted octanol–water partition coefficient (Wildman–Crippen LogP) is 4.77. The Morgan fingerprint density at radius 2 is 1.37 bits per heavy atom. The summed E-state index contributed by atoms with van der Waals surface area (Å²) in [6, 6.07) is 0.683. The SMILES string of the molecule is CC(C)(C)OC1(NC2CCCCCC2)CCCCC1. The van der Waals surface area contributed by atoms with E-state index in [4.69, 9.17) is 4.74 Å². The molecule has 0 radical (unpaired) electrons. The zero-order valence-corrected chi connectivity index (χ0v) is 13.3. The van der Waals surface area contributed by atoms with E-state index in [2.05, 4.69) is 26.1 Å². The van der Waals surface area contributed by atoms with E-state index in [9.17, 15) is 0 Å². The van der Waals surface area contributed by atoms with Gasteiger partial charge in [-0.25, -0.2) is 0 Å². The lowest BCUT2D eigenvalue weighted by Crippen LogP contribution is -2.56. The molecule has 0 spiro atoms. The molecular weight excluding hydrogens is 234 g/mol. The normalized spacial score (nSPS) is 26.1. The molecule has 0 unspecified atom stereocenters. The van der Waals surface area contributed by atoms with Gasteiger partial charge in [0.25, 0.3) is 0 Å². The summed E-state index contributed by atoms with van der Waals surface area (Å²) in [6.45, 7) is 6.58. The topological polar surface area (TPSA) is 21.3 Å². The fourth-order valence-electron chi connectivity index (χ4n) is 3.78. The summed E-state index contributed by atoms with van der Waals surface area (Å²) in [5, 5.41) is 3.95. The van der Waals surface area contributed by atoms with Crippen molar-refractivity contribution >= 4 is 0 Å². The Bertz CT molecular complexity index is 255. The average Bonchev–Trinajstić information content (AvgIpc) is 2.56. The van der Waals surface area contributed by atoms with E-state index in [1.165, 1.54) is 70.6 Å². The summed E-state index contributed by atoms with van der Waals surface area (Å²) in [5.41, 5.74) is -0.0828. The first-order valence-corrected chi connectivity index (χ1v) is 8.47. The van der Waals surface area contributed by atoms with Gasteiger partial charge < -0.3 is 4.74 Å². The van der Waals surface area contributed by atoms with E-state index >= 15 is 0 Å². The molecule has 0 aliphatic heterocycles. The minimum absolute atomic E-state index is 0.0362. The molecule has 0 amide bonds. The third kappa shape index (κ3) is 5.07. The smallest absolute Gasteiger partial charge is 0.120 e. The van der Waals surface area contributed by atoms with Crippen molar-refractivity contribution in [2.24, 2.45) is 0 Å². The van der Waals surface area contributed by atoms with Gasteiger partial charge in [-0.2, -0.15) is 0 Å². The minimum atomic E-state index is -0.0466. The van der Waals surface area contributed by atoms with Crippen LogP contribution in [0.15, 0.2) is 0 Å². The third-order valence-corrected chi connectivity index (χ3v) is 4.49. The van der Waals surface area contributed by atoms with Gasteiger partial charge in [-0.3, -0.25) is 5.32 Å². The molecular formula is C17H33NO. The molecule has 2 heteroatoms. The molecule has 0 aromatic heterocycles. The van der Waals surface area contributed by atoms with Gasteiger partial charge in [0.2, 0.25) is 0 Å². The standard InChI is InChI=1S/C17H33NO/c1-16(2,3)19-17(13-9-6-10-14-17)18-15-11-7-4-5-8-12-15/h15,18H,4-14H2,1-3H3. The van der Waals surface area contributed by atoms with Crippen molar-refractivity contribution in [2.75, 3.05) is 0 Å². The van der Waals surface area contributed by atoms with Crippen molar-refractivity contribution < 1.29 is 4.74 Å². The number of hydrogen-bond acceptors (Lipinski definition) is 2. The lowest BCUT2D eigenvalue weighted by molar-refractivity contribution is -0.171. The predicted molar refractivity (Wildman–Crippen MR) is 81.3 cm³/mol. The maximum atomic E-state index is 6.50. The summed E-state index contributed by atoms with van der Waals surface area (Å²) in [7, 11) is 0. The second kappa shape index (κ2) is 6.58. The van der Waals surface area contributed by atoms with E-state index in [1.54, 1.807) is 0 Å². The number of hydrogen-bond donors (Lipinski definition) is 1. The maximum absolute atomic E-state index is 6.50. The van der Waals surface area contributed by atoms with Gasteiger partial charge in [0.05, 0.1) is 5.60 Å². The molecule has 1 N–H and O–H groups in total. The van der Waals surface area contributed by atoms with Crippen LogP contribution in [0.1, 0.15) is 91.4 Å². The molecule has 2 fully saturated rings. The summed E-state index contributed by atoms with van der Waals surface area (Å²) >= 11 is 0. The van der Waals surface area contributed by atoms with Crippen LogP contribution in [-0.2, 0) is 4.74 Å². The van der Waals surface area contributed by atoms with Crippen LogP contribution in [-0.4, -0.2) is 17.4 Å². The number of rotatable bonds is 3. The quantitative estimate of drug-likeness (QED) is 0.587. The Morgan fingerprint density at radius 3 is 1.89 bits per heavy atom. The Balaban J connectivity index is 1.99. The molecule has 2 aliphatic rings. The van der Waals surface area contributed by atoms with Gasteiger partial charge in [0.1, 0.15) is 5.72 Å². The highest BCUT2D eigenvalue weighted by Gasteiger charge is 2.38. The number of nitrogens with one attached hydrogen (secondary N) is 1. The Kier molecular flexibility index (Phi) is 5.30. The molecule has 0 aromatic carbocycles. The zero-order chi connectivity index (χ0) is 13.8. The van der Waals surface area contributed by atoms with Crippen LogP contribution in [0.5, 0.6) is 0 Å². The molecule has 19 heavy (non-hydrogen) atoms. The maximum Gasteiger partial charge on any atom is 0.120 e. The van der Waals surface area contributed by atoms with Crippen LogP contribution in [0, 0.1) is 0 Å². The molecule has 2 saturated carbocycles. The Morgan fingerprint density at radius 1 is 0.842 bits per heavy atom. The molecule has 0 saturated heterocycles. The highest BCUT2D eigenvalue weighted by molar-refractivity contribution is 4.88. The number of ether oxygens (including phenoxy) is 1.